The number of fused-ring (bicyclic) bond motifs is 1. The molecule has 0 aliphatic heterocycles. The first-order chi connectivity index (χ1) is 14.0. The maximum Gasteiger partial charge on any atom is 0.226 e. The van der Waals surface area contributed by atoms with E-state index in [-0.39, 0.29) is 5.91 Å². The Morgan fingerprint density at radius 2 is 2.14 bits per heavy atom. The van der Waals surface area contributed by atoms with Crippen LogP contribution in [0.3, 0.4) is 0 Å². The van der Waals surface area contributed by atoms with Crippen molar-refractivity contribution in [2.75, 3.05) is 18.2 Å². The van der Waals surface area contributed by atoms with Crippen LogP contribution in [-0.2, 0) is 11.2 Å². The van der Waals surface area contributed by atoms with Crippen LogP contribution in [0, 0.1) is 17.2 Å². The highest BCUT2D eigenvalue weighted by Crippen LogP contribution is 2.29. The number of anilines is 1. The Balaban J connectivity index is 1.58. The lowest BCUT2D eigenvalue weighted by atomic mass is 10.1. The Labute approximate surface area is 178 Å². The van der Waals surface area contributed by atoms with Gasteiger partial charge in [0.25, 0.3) is 0 Å². The monoisotopic (exact) mass is 426 g/mol. The smallest absolute Gasteiger partial charge is 0.226 e. The maximum absolute atomic E-state index is 12.3. The maximum atomic E-state index is 12.3. The first-order valence-corrected chi connectivity index (χ1v) is 11.1. The summed E-state index contributed by atoms with van der Waals surface area (Å²) in [6.07, 6.45) is 1.17. The summed E-state index contributed by atoms with van der Waals surface area (Å²) in [7, 11) is 1.62. The number of pyridine rings is 1. The number of amides is 1. The van der Waals surface area contributed by atoms with Gasteiger partial charge in [0.1, 0.15) is 16.8 Å². The number of nitrogens with zero attached hydrogens (tertiary/aromatic N) is 3. The molecule has 2 aromatic heterocycles. The zero-order valence-corrected chi connectivity index (χ0v) is 18.2. The second kappa shape index (κ2) is 9.72. The lowest BCUT2D eigenvalue weighted by Gasteiger charge is -2.08. The van der Waals surface area contributed by atoms with Crippen LogP contribution in [0.25, 0.3) is 10.2 Å². The van der Waals surface area contributed by atoms with Gasteiger partial charge in [0.2, 0.25) is 5.91 Å². The molecule has 1 N–H and O–H groups in total. The Hall–Kier alpha value is -2.63. The third-order valence-corrected chi connectivity index (χ3v) is 5.99. The van der Waals surface area contributed by atoms with E-state index in [4.69, 9.17) is 4.74 Å². The molecule has 3 rings (SSSR count). The molecule has 0 aliphatic rings. The standard InChI is InChI=1S/C21H22N4O2S2/c1-13(2)10-15-5-4-14(12-22)20(23-15)28-9-8-19(26)25-21-24-17-7-6-16(27-3)11-18(17)29-21/h4-7,11,13H,8-10H2,1-3H3,(H,24,25,26). The van der Waals surface area contributed by atoms with Crippen LogP contribution >= 0.6 is 23.1 Å². The van der Waals surface area contributed by atoms with Crippen LogP contribution in [0.4, 0.5) is 5.13 Å². The molecule has 0 radical (unpaired) electrons. The number of nitriles is 1. The highest BCUT2D eigenvalue weighted by Gasteiger charge is 2.11. The van der Waals surface area contributed by atoms with Crippen molar-refractivity contribution < 1.29 is 9.53 Å². The number of carbonyl (C=O) groups excluding carboxylic acids is 1. The van der Waals surface area contributed by atoms with Gasteiger partial charge in [0, 0.05) is 17.9 Å². The van der Waals surface area contributed by atoms with Crippen LogP contribution in [0.15, 0.2) is 35.4 Å². The summed E-state index contributed by atoms with van der Waals surface area (Å²) >= 11 is 2.85. The quantitative estimate of drug-likeness (QED) is 0.516. The number of nitrogens with one attached hydrogen (secondary N) is 1. The van der Waals surface area contributed by atoms with Gasteiger partial charge in [-0.2, -0.15) is 5.26 Å². The molecule has 1 aromatic carbocycles. The van der Waals surface area contributed by atoms with Crippen LogP contribution in [0.2, 0.25) is 0 Å². The Bertz CT molecular complexity index is 1060. The Morgan fingerprint density at radius 3 is 2.86 bits per heavy atom. The molecule has 6 nitrogen and oxygen atoms in total. The summed E-state index contributed by atoms with van der Waals surface area (Å²) in [6.45, 7) is 4.27. The van der Waals surface area contributed by atoms with Gasteiger partial charge >= 0.3 is 0 Å². The minimum atomic E-state index is -0.111. The lowest BCUT2D eigenvalue weighted by Crippen LogP contribution is -2.12. The zero-order valence-electron chi connectivity index (χ0n) is 16.6. The number of hydrogen-bond donors (Lipinski definition) is 1. The number of thioether (sulfide) groups is 1. The van der Waals surface area contributed by atoms with Gasteiger partial charge < -0.3 is 10.1 Å². The van der Waals surface area contributed by atoms with Crippen molar-refractivity contribution in [3.63, 3.8) is 0 Å². The predicted octanol–water partition coefficient (Wildman–Crippen LogP) is 4.89. The minimum absolute atomic E-state index is 0.111. The molecule has 8 heteroatoms. The van der Waals surface area contributed by atoms with Crippen molar-refractivity contribution in [3.05, 3.63) is 41.6 Å². The molecular weight excluding hydrogens is 404 g/mol. The van der Waals surface area contributed by atoms with Crippen molar-refractivity contribution in [3.8, 4) is 11.8 Å². The van der Waals surface area contributed by atoms with E-state index in [1.54, 1.807) is 7.11 Å². The molecule has 0 saturated heterocycles. The fraction of sp³-hybridized carbons (Fsp3) is 0.333. The van der Waals surface area contributed by atoms with Crippen molar-refractivity contribution in [1.82, 2.24) is 9.97 Å². The first-order valence-electron chi connectivity index (χ1n) is 9.25. The second-order valence-electron chi connectivity index (χ2n) is 6.86. The molecule has 3 aromatic rings. The summed E-state index contributed by atoms with van der Waals surface area (Å²) in [6, 6.07) is 11.5. The zero-order chi connectivity index (χ0) is 20.8. The van der Waals surface area contributed by atoms with Gasteiger partial charge in [0.15, 0.2) is 5.13 Å². The molecule has 0 unspecified atom stereocenters. The molecule has 150 valence electrons. The predicted molar refractivity (Wildman–Crippen MR) is 118 cm³/mol. The van der Waals surface area contributed by atoms with E-state index >= 15 is 0 Å². The van der Waals surface area contributed by atoms with Gasteiger partial charge in [-0.3, -0.25) is 4.79 Å². The largest absolute Gasteiger partial charge is 0.497 e. The number of hydrogen-bond acceptors (Lipinski definition) is 7. The van der Waals surface area contributed by atoms with Crippen LogP contribution < -0.4 is 10.1 Å². The van der Waals surface area contributed by atoms with Crippen molar-refractivity contribution in [2.45, 2.75) is 31.7 Å². The summed E-state index contributed by atoms with van der Waals surface area (Å²) < 4.78 is 6.17. The third kappa shape index (κ3) is 5.68. The summed E-state index contributed by atoms with van der Waals surface area (Å²) in [4.78, 5) is 21.3. The average Bonchev–Trinajstić information content (AvgIpc) is 3.08. The first kappa shape index (κ1) is 21.1. The van der Waals surface area contributed by atoms with E-state index in [1.165, 1.54) is 23.1 Å². The molecule has 0 aliphatic carbocycles. The van der Waals surface area contributed by atoms with Crippen LogP contribution in [-0.4, -0.2) is 28.7 Å². The third-order valence-electron chi connectivity index (χ3n) is 4.07. The van der Waals surface area contributed by atoms with E-state index in [2.05, 4.69) is 35.2 Å². The van der Waals surface area contributed by atoms with Crippen LogP contribution in [0.5, 0.6) is 5.75 Å². The summed E-state index contributed by atoms with van der Waals surface area (Å²) in [5.74, 6) is 1.68. The molecular formula is C21H22N4O2S2. The molecule has 0 bridgehead atoms. The van der Waals surface area contributed by atoms with Gasteiger partial charge in [0.05, 0.1) is 22.9 Å². The molecule has 0 saturated carbocycles. The fourth-order valence-corrected chi connectivity index (χ4v) is 4.56. The summed E-state index contributed by atoms with van der Waals surface area (Å²) in [5.41, 5.74) is 2.34. The number of ether oxygens (including phenoxy) is 1. The molecule has 0 fully saturated rings. The number of benzene rings is 1. The van der Waals surface area contributed by atoms with E-state index in [0.29, 0.717) is 33.8 Å². The van der Waals surface area contributed by atoms with E-state index in [1.807, 2.05) is 30.3 Å². The topological polar surface area (TPSA) is 87.9 Å². The fourth-order valence-electron chi connectivity index (χ4n) is 2.71. The molecule has 0 spiro atoms. The molecule has 29 heavy (non-hydrogen) atoms. The molecule has 1 amide bonds. The number of carbonyl (C=O) groups is 1. The van der Waals surface area contributed by atoms with Gasteiger partial charge in [-0.25, -0.2) is 9.97 Å². The normalized spacial score (nSPS) is 10.9. The molecule has 0 atom stereocenters. The van der Waals surface area contributed by atoms with Crippen molar-refractivity contribution >= 4 is 44.4 Å². The van der Waals surface area contributed by atoms with E-state index in [9.17, 15) is 10.1 Å². The number of rotatable bonds is 8. The van der Waals surface area contributed by atoms with Gasteiger partial charge in [-0.15, -0.1) is 11.8 Å². The SMILES string of the molecule is COc1ccc2nc(NC(=O)CCSc3nc(CC(C)C)ccc3C#N)sc2c1. The van der Waals surface area contributed by atoms with Gasteiger partial charge in [-0.05, 0) is 42.7 Å². The highest BCUT2D eigenvalue weighted by molar-refractivity contribution is 7.99. The molecule has 2 heterocycles. The minimum Gasteiger partial charge on any atom is -0.497 e. The highest BCUT2D eigenvalue weighted by atomic mass is 32.2. The van der Waals surface area contributed by atoms with E-state index < -0.39 is 0 Å². The van der Waals surface area contributed by atoms with Crippen molar-refractivity contribution in [2.24, 2.45) is 5.92 Å². The Kier molecular flexibility index (Phi) is 7.07. The number of methoxy groups -OCH3 is 1. The summed E-state index contributed by atoms with van der Waals surface area (Å²) in [5, 5.41) is 13.4. The Morgan fingerprint density at radius 1 is 1.31 bits per heavy atom. The number of thiazole rings is 1. The number of aromatic nitrogens is 2. The van der Waals surface area contributed by atoms with Gasteiger partial charge in [-0.1, -0.05) is 25.2 Å². The average molecular weight is 427 g/mol. The van der Waals surface area contributed by atoms with Crippen LogP contribution in [0.1, 0.15) is 31.5 Å². The van der Waals surface area contributed by atoms with E-state index in [0.717, 1.165) is 28.1 Å². The second-order valence-corrected chi connectivity index (χ2v) is 8.98. The van der Waals surface area contributed by atoms with Crippen molar-refractivity contribution in [1.29, 1.82) is 5.26 Å². The lowest BCUT2D eigenvalue weighted by molar-refractivity contribution is -0.115.